The van der Waals surface area contributed by atoms with Crippen molar-refractivity contribution < 1.29 is 20.4 Å². The quantitative estimate of drug-likeness (QED) is 0.632. The zero-order valence-corrected chi connectivity index (χ0v) is 15.2. The molecule has 3 aliphatic carbocycles. The standard InChI is InChI=1S/C21H32O4/c1-13-3-6-16(23)9-14(13)4-5-15-10-17(24)11-21(2)18(15)7-8-19(21)20(25)12-22/h4-5,16-20,22-25H,1,3,6-12H2,2H3/b14-4-,15-5+/t16-,17+,18+,19-,20-,21+/m1/s1. The van der Waals surface area contributed by atoms with E-state index in [4.69, 9.17) is 0 Å². The topological polar surface area (TPSA) is 80.9 Å². The van der Waals surface area contributed by atoms with Crippen molar-refractivity contribution in [3.8, 4) is 0 Å². The molecule has 0 unspecified atom stereocenters. The molecule has 3 aliphatic rings. The van der Waals surface area contributed by atoms with Crippen LogP contribution in [0.25, 0.3) is 0 Å². The fourth-order valence-electron chi connectivity index (χ4n) is 5.50. The molecular formula is C21H32O4. The largest absolute Gasteiger partial charge is 0.394 e. The summed E-state index contributed by atoms with van der Waals surface area (Å²) in [7, 11) is 0. The van der Waals surface area contributed by atoms with Gasteiger partial charge in [-0.1, -0.05) is 36.8 Å². The molecule has 3 fully saturated rings. The van der Waals surface area contributed by atoms with Crippen LogP contribution in [0.5, 0.6) is 0 Å². The van der Waals surface area contributed by atoms with Crippen molar-refractivity contribution in [2.45, 2.75) is 70.2 Å². The molecule has 0 radical (unpaired) electrons. The zero-order valence-electron chi connectivity index (χ0n) is 15.2. The highest BCUT2D eigenvalue weighted by molar-refractivity contribution is 5.36. The Kier molecular flexibility index (Phi) is 5.54. The second kappa shape index (κ2) is 7.36. The first-order chi connectivity index (χ1) is 11.8. The highest BCUT2D eigenvalue weighted by atomic mass is 16.3. The van der Waals surface area contributed by atoms with Crippen molar-refractivity contribution in [2.24, 2.45) is 17.3 Å². The van der Waals surface area contributed by atoms with Crippen LogP contribution in [0.3, 0.4) is 0 Å². The first-order valence-electron chi connectivity index (χ1n) is 9.58. The summed E-state index contributed by atoms with van der Waals surface area (Å²) >= 11 is 0. The number of fused-ring (bicyclic) bond motifs is 1. The van der Waals surface area contributed by atoms with Crippen LogP contribution in [0.2, 0.25) is 0 Å². The van der Waals surface area contributed by atoms with Crippen LogP contribution < -0.4 is 0 Å². The molecule has 3 saturated carbocycles. The van der Waals surface area contributed by atoms with E-state index in [0.29, 0.717) is 25.2 Å². The Labute approximate surface area is 150 Å². The van der Waals surface area contributed by atoms with Crippen LogP contribution in [0.4, 0.5) is 0 Å². The van der Waals surface area contributed by atoms with Crippen LogP contribution in [0.15, 0.2) is 35.5 Å². The van der Waals surface area contributed by atoms with Gasteiger partial charge in [-0.05, 0) is 67.8 Å². The van der Waals surface area contributed by atoms with Gasteiger partial charge in [0.25, 0.3) is 0 Å². The molecule has 4 N–H and O–H groups in total. The van der Waals surface area contributed by atoms with Crippen LogP contribution in [0.1, 0.15) is 51.9 Å². The molecule has 4 heteroatoms. The van der Waals surface area contributed by atoms with Crippen molar-refractivity contribution in [2.75, 3.05) is 6.61 Å². The highest BCUT2D eigenvalue weighted by Crippen LogP contribution is 2.58. The maximum absolute atomic E-state index is 10.4. The van der Waals surface area contributed by atoms with Crippen LogP contribution in [-0.4, -0.2) is 45.3 Å². The Morgan fingerprint density at radius 3 is 2.64 bits per heavy atom. The van der Waals surface area contributed by atoms with E-state index in [1.165, 1.54) is 5.57 Å². The first kappa shape index (κ1) is 18.8. The second-order valence-electron chi connectivity index (χ2n) is 8.49. The normalized spacial score (nSPS) is 43.5. The summed E-state index contributed by atoms with van der Waals surface area (Å²) in [5, 5.41) is 39.9. The number of aliphatic hydroxyl groups excluding tert-OH is 4. The third-order valence-electron chi connectivity index (χ3n) is 6.84. The van der Waals surface area contributed by atoms with Gasteiger partial charge >= 0.3 is 0 Å². The molecule has 25 heavy (non-hydrogen) atoms. The molecule has 0 aromatic carbocycles. The molecule has 0 aromatic rings. The van der Waals surface area contributed by atoms with Gasteiger partial charge in [-0.3, -0.25) is 0 Å². The SMILES string of the molecule is C=C1CC[C@@H](O)C/C1=C/C=C1\C[C@H](O)C[C@]2(C)[C@@H]([C@H](O)CO)CC[C@@H]12. The zero-order chi connectivity index (χ0) is 18.2. The Bertz CT molecular complexity index is 578. The Morgan fingerprint density at radius 1 is 1.16 bits per heavy atom. The molecule has 0 heterocycles. The lowest BCUT2D eigenvalue weighted by Crippen LogP contribution is -2.43. The number of rotatable bonds is 3. The van der Waals surface area contributed by atoms with Crippen LogP contribution >= 0.6 is 0 Å². The molecule has 0 saturated heterocycles. The smallest absolute Gasteiger partial charge is 0.0804 e. The van der Waals surface area contributed by atoms with Crippen molar-refractivity contribution in [3.05, 3.63) is 35.5 Å². The van der Waals surface area contributed by atoms with Crippen molar-refractivity contribution in [1.29, 1.82) is 0 Å². The Hall–Kier alpha value is -0.940. The second-order valence-corrected chi connectivity index (χ2v) is 8.49. The van der Waals surface area contributed by atoms with Gasteiger partial charge in [-0.2, -0.15) is 0 Å². The molecule has 0 aromatic heterocycles. The van der Waals surface area contributed by atoms with Crippen molar-refractivity contribution >= 4 is 0 Å². The van der Waals surface area contributed by atoms with Gasteiger partial charge in [0, 0.05) is 0 Å². The summed E-state index contributed by atoms with van der Waals surface area (Å²) in [6.07, 6.45) is 8.29. The lowest BCUT2D eigenvalue weighted by Gasteiger charge is -2.45. The number of allylic oxidation sites excluding steroid dienone is 3. The van der Waals surface area contributed by atoms with Gasteiger partial charge in [-0.15, -0.1) is 0 Å². The highest BCUT2D eigenvalue weighted by Gasteiger charge is 2.53. The summed E-state index contributed by atoms with van der Waals surface area (Å²) < 4.78 is 0. The van der Waals surface area contributed by atoms with E-state index >= 15 is 0 Å². The maximum Gasteiger partial charge on any atom is 0.0804 e. The van der Waals surface area contributed by atoms with E-state index in [2.05, 4.69) is 25.7 Å². The predicted octanol–water partition coefficient (Wildman–Crippen LogP) is 2.48. The molecule has 140 valence electrons. The van der Waals surface area contributed by atoms with Crippen LogP contribution in [0, 0.1) is 17.3 Å². The maximum atomic E-state index is 10.4. The Balaban J connectivity index is 1.85. The lowest BCUT2D eigenvalue weighted by atomic mass is 9.61. The summed E-state index contributed by atoms with van der Waals surface area (Å²) in [5.74, 6) is 0.362. The van der Waals surface area contributed by atoms with Crippen molar-refractivity contribution in [1.82, 2.24) is 0 Å². The minimum absolute atomic E-state index is 0.0278. The monoisotopic (exact) mass is 348 g/mol. The summed E-state index contributed by atoms with van der Waals surface area (Å²) in [6.45, 7) is 6.05. The van der Waals surface area contributed by atoms with Gasteiger partial charge in [-0.25, -0.2) is 0 Å². The fourth-order valence-corrected chi connectivity index (χ4v) is 5.50. The third-order valence-corrected chi connectivity index (χ3v) is 6.84. The molecule has 0 spiro atoms. The van der Waals surface area contributed by atoms with Gasteiger partial charge in [0.15, 0.2) is 0 Å². The molecule has 4 nitrogen and oxygen atoms in total. The number of aliphatic hydroxyl groups is 4. The first-order valence-corrected chi connectivity index (χ1v) is 9.58. The molecular weight excluding hydrogens is 316 g/mol. The predicted molar refractivity (Wildman–Crippen MR) is 97.8 cm³/mol. The fraction of sp³-hybridized carbons (Fsp3) is 0.714. The van der Waals surface area contributed by atoms with Gasteiger partial charge in [0.05, 0.1) is 24.9 Å². The summed E-state index contributed by atoms with van der Waals surface area (Å²) in [6, 6.07) is 0. The third kappa shape index (κ3) is 3.63. The minimum Gasteiger partial charge on any atom is -0.394 e. The summed E-state index contributed by atoms with van der Waals surface area (Å²) in [4.78, 5) is 0. The van der Waals surface area contributed by atoms with E-state index in [1.54, 1.807) is 0 Å². The molecule has 3 rings (SSSR count). The van der Waals surface area contributed by atoms with Gasteiger partial charge in [0.1, 0.15) is 0 Å². The van der Waals surface area contributed by atoms with Crippen LogP contribution in [-0.2, 0) is 0 Å². The number of hydrogen-bond donors (Lipinski definition) is 4. The van der Waals surface area contributed by atoms with E-state index in [1.807, 2.05) is 0 Å². The molecule has 0 amide bonds. The average molecular weight is 348 g/mol. The van der Waals surface area contributed by atoms with E-state index < -0.39 is 12.2 Å². The van der Waals surface area contributed by atoms with E-state index in [9.17, 15) is 20.4 Å². The minimum atomic E-state index is -0.715. The van der Waals surface area contributed by atoms with Gasteiger partial charge < -0.3 is 20.4 Å². The average Bonchev–Trinajstić information content (AvgIpc) is 2.91. The van der Waals surface area contributed by atoms with Gasteiger partial charge in [0.2, 0.25) is 0 Å². The van der Waals surface area contributed by atoms with Crippen molar-refractivity contribution in [3.63, 3.8) is 0 Å². The lowest BCUT2D eigenvalue weighted by molar-refractivity contribution is -0.0366. The van der Waals surface area contributed by atoms with E-state index in [-0.39, 0.29) is 24.0 Å². The molecule has 0 bridgehead atoms. The molecule has 0 aliphatic heterocycles. The number of hydrogen-bond acceptors (Lipinski definition) is 4. The van der Waals surface area contributed by atoms with E-state index in [0.717, 1.165) is 36.8 Å². The molecule has 6 atom stereocenters. The Morgan fingerprint density at radius 2 is 1.92 bits per heavy atom. The summed E-state index contributed by atoms with van der Waals surface area (Å²) in [5.41, 5.74) is 3.27.